The normalized spacial score (nSPS) is 10.5. The van der Waals surface area contributed by atoms with Crippen molar-refractivity contribution >= 4 is 5.82 Å². The van der Waals surface area contributed by atoms with E-state index in [9.17, 15) is 0 Å². The van der Waals surface area contributed by atoms with E-state index < -0.39 is 0 Å². The summed E-state index contributed by atoms with van der Waals surface area (Å²) in [5, 5.41) is 3.21. The molecule has 1 rings (SSSR count). The lowest BCUT2D eigenvalue weighted by molar-refractivity contribution is 0.230. The number of hydrogen-bond donors (Lipinski definition) is 1. The van der Waals surface area contributed by atoms with Gasteiger partial charge in [0.1, 0.15) is 12.1 Å². The molecular weight excluding hydrogens is 190 g/mol. The van der Waals surface area contributed by atoms with E-state index in [2.05, 4.69) is 22.2 Å². The van der Waals surface area contributed by atoms with Crippen LogP contribution in [0.4, 0.5) is 5.82 Å². The van der Waals surface area contributed by atoms with Crippen LogP contribution in [0.3, 0.4) is 0 Å². The molecule has 1 aromatic heterocycles. The first-order chi connectivity index (χ1) is 7.19. The molecule has 0 aromatic carbocycles. The first kappa shape index (κ1) is 11.8. The maximum atomic E-state index is 5.63. The highest BCUT2D eigenvalue weighted by Crippen LogP contribution is 2.23. The molecule has 0 saturated heterocycles. The third-order valence-corrected chi connectivity index (χ3v) is 1.95. The van der Waals surface area contributed by atoms with Crippen LogP contribution in [0.5, 0.6) is 5.88 Å². The lowest BCUT2D eigenvalue weighted by atomic mass is 10.2. The molecule has 1 heterocycles. The zero-order chi connectivity index (χ0) is 11.3. The minimum Gasteiger partial charge on any atom is -0.475 e. The van der Waals surface area contributed by atoms with Crippen LogP contribution < -0.4 is 10.1 Å². The standard InChI is InChI=1S/C11H19N3O/c1-5-9-10(12-6-2)13-7-14-11(9)15-8(3)4/h7-8H,5-6H2,1-4H3,(H,12,13,14). The molecule has 0 aliphatic heterocycles. The highest BCUT2D eigenvalue weighted by atomic mass is 16.5. The fraction of sp³-hybridized carbons (Fsp3) is 0.636. The van der Waals surface area contributed by atoms with Crippen LogP contribution in [0.1, 0.15) is 33.3 Å². The molecule has 84 valence electrons. The van der Waals surface area contributed by atoms with Crippen molar-refractivity contribution in [2.24, 2.45) is 0 Å². The van der Waals surface area contributed by atoms with Crippen molar-refractivity contribution in [2.75, 3.05) is 11.9 Å². The van der Waals surface area contributed by atoms with E-state index in [1.165, 1.54) is 6.33 Å². The smallest absolute Gasteiger partial charge is 0.222 e. The van der Waals surface area contributed by atoms with E-state index in [1.807, 2.05) is 20.8 Å². The lowest BCUT2D eigenvalue weighted by Gasteiger charge is -2.14. The number of ether oxygens (including phenoxy) is 1. The molecule has 1 N–H and O–H groups in total. The second kappa shape index (κ2) is 5.53. The van der Waals surface area contributed by atoms with Crippen molar-refractivity contribution in [1.82, 2.24) is 9.97 Å². The summed E-state index contributed by atoms with van der Waals surface area (Å²) in [5.74, 6) is 1.57. The van der Waals surface area contributed by atoms with Crippen LogP contribution in [0.2, 0.25) is 0 Å². The fourth-order valence-corrected chi connectivity index (χ4v) is 1.36. The highest BCUT2D eigenvalue weighted by molar-refractivity contribution is 5.48. The summed E-state index contributed by atoms with van der Waals surface area (Å²) in [4.78, 5) is 8.36. The summed E-state index contributed by atoms with van der Waals surface area (Å²) in [6, 6.07) is 0. The van der Waals surface area contributed by atoms with Gasteiger partial charge in [0.25, 0.3) is 0 Å². The monoisotopic (exact) mass is 209 g/mol. The molecule has 0 bridgehead atoms. The Morgan fingerprint density at radius 1 is 1.33 bits per heavy atom. The van der Waals surface area contributed by atoms with Crippen molar-refractivity contribution in [3.8, 4) is 5.88 Å². The molecule has 1 aromatic rings. The van der Waals surface area contributed by atoms with E-state index in [0.29, 0.717) is 5.88 Å². The Morgan fingerprint density at radius 3 is 2.60 bits per heavy atom. The summed E-state index contributed by atoms with van der Waals surface area (Å²) in [5.41, 5.74) is 1.05. The number of rotatable bonds is 5. The van der Waals surface area contributed by atoms with Crippen LogP contribution in [-0.4, -0.2) is 22.6 Å². The minimum absolute atomic E-state index is 0.139. The fourth-order valence-electron chi connectivity index (χ4n) is 1.36. The van der Waals surface area contributed by atoms with E-state index in [-0.39, 0.29) is 6.10 Å². The van der Waals surface area contributed by atoms with Crippen molar-refractivity contribution in [3.63, 3.8) is 0 Å². The predicted molar refractivity (Wildman–Crippen MR) is 61.3 cm³/mol. The molecule has 0 unspecified atom stereocenters. The SMILES string of the molecule is CCNc1ncnc(OC(C)C)c1CC. The zero-order valence-corrected chi connectivity index (χ0v) is 9.87. The van der Waals surface area contributed by atoms with Gasteiger partial charge < -0.3 is 10.1 Å². The Bertz CT molecular complexity index is 313. The molecule has 0 saturated carbocycles. The summed E-state index contributed by atoms with van der Waals surface area (Å²) in [7, 11) is 0. The molecule has 0 aliphatic rings. The Balaban J connectivity index is 2.98. The molecule has 0 amide bonds. The average Bonchev–Trinajstić information content (AvgIpc) is 2.18. The maximum Gasteiger partial charge on any atom is 0.222 e. The molecule has 0 radical (unpaired) electrons. The van der Waals surface area contributed by atoms with E-state index >= 15 is 0 Å². The van der Waals surface area contributed by atoms with Crippen LogP contribution >= 0.6 is 0 Å². The Labute approximate surface area is 91.1 Å². The molecule has 0 fully saturated rings. The van der Waals surface area contributed by atoms with E-state index in [1.54, 1.807) is 0 Å². The molecule has 4 nitrogen and oxygen atoms in total. The summed E-state index contributed by atoms with van der Waals surface area (Å²) >= 11 is 0. The zero-order valence-electron chi connectivity index (χ0n) is 9.87. The molecule has 0 atom stereocenters. The van der Waals surface area contributed by atoms with Crippen molar-refractivity contribution in [3.05, 3.63) is 11.9 Å². The van der Waals surface area contributed by atoms with Crippen molar-refractivity contribution in [1.29, 1.82) is 0 Å². The van der Waals surface area contributed by atoms with Crippen molar-refractivity contribution < 1.29 is 4.74 Å². The average molecular weight is 209 g/mol. The third kappa shape index (κ3) is 3.08. The van der Waals surface area contributed by atoms with E-state index in [4.69, 9.17) is 4.74 Å². The molecule has 0 aliphatic carbocycles. The maximum absolute atomic E-state index is 5.63. The van der Waals surface area contributed by atoms with Gasteiger partial charge in [-0.1, -0.05) is 6.92 Å². The van der Waals surface area contributed by atoms with Gasteiger partial charge in [-0.05, 0) is 27.2 Å². The van der Waals surface area contributed by atoms with Crippen molar-refractivity contribution in [2.45, 2.75) is 40.2 Å². The van der Waals surface area contributed by atoms with E-state index in [0.717, 1.165) is 24.3 Å². The number of aromatic nitrogens is 2. The summed E-state index contributed by atoms with van der Waals surface area (Å²) < 4.78 is 5.63. The summed E-state index contributed by atoms with van der Waals surface area (Å²) in [6.45, 7) is 8.96. The van der Waals surface area contributed by atoms with Crippen LogP contribution in [0, 0.1) is 0 Å². The van der Waals surface area contributed by atoms with Gasteiger partial charge >= 0.3 is 0 Å². The molecule has 0 spiro atoms. The third-order valence-electron chi connectivity index (χ3n) is 1.95. The summed E-state index contributed by atoms with van der Waals surface area (Å²) in [6.07, 6.45) is 2.54. The Kier molecular flexibility index (Phi) is 4.34. The minimum atomic E-state index is 0.139. The largest absolute Gasteiger partial charge is 0.475 e. The molecular formula is C11H19N3O. The number of hydrogen-bond acceptors (Lipinski definition) is 4. The van der Waals surface area contributed by atoms with Gasteiger partial charge in [-0.3, -0.25) is 0 Å². The van der Waals surface area contributed by atoms with Gasteiger partial charge in [0.05, 0.1) is 11.7 Å². The second-order valence-corrected chi connectivity index (χ2v) is 3.56. The topological polar surface area (TPSA) is 47.0 Å². The van der Waals surface area contributed by atoms with Gasteiger partial charge in [-0.2, -0.15) is 0 Å². The Hall–Kier alpha value is -1.32. The lowest BCUT2D eigenvalue weighted by Crippen LogP contribution is -2.11. The first-order valence-corrected chi connectivity index (χ1v) is 5.43. The number of nitrogens with zero attached hydrogens (tertiary/aromatic N) is 2. The van der Waals surface area contributed by atoms with Gasteiger partial charge in [0.15, 0.2) is 0 Å². The number of anilines is 1. The second-order valence-electron chi connectivity index (χ2n) is 3.56. The van der Waals surface area contributed by atoms with Gasteiger partial charge in [-0.15, -0.1) is 0 Å². The Morgan fingerprint density at radius 2 is 2.07 bits per heavy atom. The predicted octanol–water partition coefficient (Wildman–Crippen LogP) is 2.26. The van der Waals surface area contributed by atoms with Crippen LogP contribution in [-0.2, 0) is 6.42 Å². The van der Waals surface area contributed by atoms with Gasteiger partial charge in [-0.25, -0.2) is 9.97 Å². The highest BCUT2D eigenvalue weighted by Gasteiger charge is 2.11. The van der Waals surface area contributed by atoms with Gasteiger partial charge in [0.2, 0.25) is 5.88 Å². The quantitative estimate of drug-likeness (QED) is 0.808. The van der Waals surface area contributed by atoms with Gasteiger partial charge in [0, 0.05) is 6.54 Å². The first-order valence-electron chi connectivity index (χ1n) is 5.43. The molecule has 15 heavy (non-hydrogen) atoms. The number of nitrogens with one attached hydrogen (secondary N) is 1. The van der Waals surface area contributed by atoms with Crippen LogP contribution in [0.25, 0.3) is 0 Å². The molecule has 4 heteroatoms. The van der Waals surface area contributed by atoms with Crippen LogP contribution in [0.15, 0.2) is 6.33 Å².